The van der Waals surface area contributed by atoms with E-state index >= 15 is 0 Å². The van der Waals surface area contributed by atoms with E-state index in [0.29, 0.717) is 0 Å². The zero-order chi connectivity index (χ0) is 10.1. The molecule has 3 nitrogen and oxygen atoms in total. The summed E-state index contributed by atoms with van der Waals surface area (Å²) in [4.78, 5) is 0. The van der Waals surface area contributed by atoms with Crippen LogP contribution in [0.4, 0.5) is 5.69 Å². The molecule has 1 aromatic carbocycles. The molecule has 2 aromatic rings. The van der Waals surface area contributed by atoms with Crippen molar-refractivity contribution in [3.63, 3.8) is 0 Å². The van der Waals surface area contributed by atoms with Crippen LogP contribution in [0.25, 0.3) is 5.69 Å². The molecule has 0 amide bonds. The van der Waals surface area contributed by atoms with Crippen LogP contribution in [0, 0.1) is 10.5 Å². The maximum Gasteiger partial charge on any atom is 0.0904 e. The number of nitrogens with zero attached hydrogens (tertiary/aromatic N) is 2. The first-order chi connectivity index (χ1) is 6.68. The SMILES string of the molecule is Cc1cccc(N)c1-n1cc(I)cn1. The zero-order valence-electron chi connectivity index (χ0n) is 7.74. The van der Waals surface area contributed by atoms with E-state index in [-0.39, 0.29) is 0 Å². The summed E-state index contributed by atoms with van der Waals surface area (Å²) < 4.78 is 2.91. The lowest BCUT2D eigenvalue weighted by atomic mass is 10.2. The second-order valence-corrected chi connectivity index (χ2v) is 4.36. The number of benzene rings is 1. The van der Waals surface area contributed by atoms with E-state index in [1.165, 1.54) is 0 Å². The van der Waals surface area contributed by atoms with E-state index < -0.39 is 0 Å². The smallest absolute Gasteiger partial charge is 0.0904 e. The van der Waals surface area contributed by atoms with Gasteiger partial charge in [0.2, 0.25) is 0 Å². The fraction of sp³-hybridized carbons (Fsp3) is 0.100. The van der Waals surface area contributed by atoms with Gasteiger partial charge in [-0.2, -0.15) is 5.10 Å². The van der Waals surface area contributed by atoms with Crippen molar-refractivity contribution in [1.82, 2.24) is 9.78 Å². The molecule has 0 aliphatic heterocycles. The maximum atomic E-state index is 5.90. The van der Waals surface area contributed by atoms with Gasteiger partial charge in [-0.05, 0) is 41.1 Å². The van der Waals surface area contributed by atoms with Crippen molar-refractivity contribution >= 4 is 28.3 Å². The molecule has 14 heavy (non-hydrogen) atoms. The lowest BCUT2D eigenvalue weighted by molar-refractivity contribution is 0.875. The molecule has 0 fully saturated rings. The highest BCUT2D eigenvalue weighted by molar-refractivity contribution is 14.1. The molecule has 1 aromatic heterocycles. The number of halogens is 1. The molecule has 0 saturated carbocycles. The lowest BCUT2D eigenvalue weighted by Crippen LogP contribution is -2.02. The first kappa shape index (κ1) is 9.51. The number of nitrogen functional groups attached to an aromatic ring is 1. The Kier molecular flexibility index (Phi) is 2.45. The van der Waals surface area contributed by atoms with Crippen molar-refractivity contribution in [3.05, 3.63) is 39.7 Å². The number of para-hydroxylation sites is 1. The van der Waals surface area contributed by atoms with Crippen molar-refractivity contribution in [1.29, 1.82) is 0 Å². The van der Waals surface area contributed by atoms with Gasteiger partial charge in [-0.25, -0.2) is 4.68 Å². The van der Waals surface area contributed by atoms with E-state index in [4.69, 9.17) is 5.73 Å². The van der Waals surface area contributed by atoms with Crippen molar-refractivity contribution in [2.75, 3.05) is 5.73 Å². The Balaban J connectivity index is 2.61. The third-order valence-corrected chi connectivity index (χ3v) is 2.61. The van der Waals surface area contributed by atoms with Crippen LogP contribution < -0.4 is 5.73 Å². The zero-order valence-corrected chi connectivity index (χ0v) is 9.89. The molecule has 0 aliphatic rings. The van der Waals surface area contributed by atoms with E-state index in [1.54, 1.807) is 0 Å². The van der Waals surface area contributed by atoms with E-state index in [0.717, 1.165) is 20.5 Å². The number of anilines is 1. The quantitative estimate of drug-likeness (QED) is 0.649. The highest BCUT2D eigenvalue weighted by atomic mass is 127. The van der Waals surface area contributed by atoms with Gasteiger partial charge < -0.3 is 5.73 Å². The summed E-state index contributed by atoms with van der Waals surface area (Å²) in [5.41, 5.74) is 8.75. The minimum Gasteiger partial charge on any atom is -0.397 e. The molecule has 1 heterocycles. The van der Waals surface area contributed by atoms with Gasteiger partial charge in [0.15, 0.2) is 0 Å². The predicted octanol–water partition coefficient (Wildman–Crippen LogP) is 2.37. The molecule has 0 radical (unpaired) electrons. The van der Waals surface area contributed by atoms with Crippen LogP contribution in [0.1, 0.15) is 5.56 Å². The lowest BCUT2D eigenvalue weighted by Gasteiger charge is -2.08. The largest absolute Gasteiger partial charge is 0.397 e. The van der Waals surface area contributed by atoms with Crippen molar-refractivity contribution in [2.24, 2.45) is 0 Å². The Hall–Kier alpha value is -1.04. The van der Waals surface area contributed by atoms with Crippen LogP contribution in [-0.2, 0) is 0 Å². The summed E-state index contributed by atoms with van der Waals surface area (Å²) in [5.74, 6) is 0. The Morgan fingerprint density at radius 2 is 2.21 bits per heavy atom. The standard InChI is InChI=1S/C10H10IN3/c1-7-3-2-4-9(12)10(7)14-6-8(11)5-13-14/h2-6H,12H2,1H3. The second-order valence-electron chi connectivity index (χ2n) is 3.12. The predicted molar refractivity (Wildman–Crippen MR) is 65.4 cm³/mol. The van der Waals surface area contributed by atoms with Crippen LogP contribution in [0.5, 0.6) is 0 Å². The minimum absolute atomic E-state index is 0.754. The van der Waals surface area contributed by atoms with Crippen molar-refractivity contribution in [3.8, 4) is 5.69 Å². The first-order valence-corrected chi connectivity index (χ1v) is 5.32. The third kappa shape index (κ3) is 1.61. The molecule has 0 bridgehead atoms. The van der Waals surface area contributed by atoms with Gasteiger partial charge in [0.1, 0.15) is 0 Å². The average molecular weight is 299 g/mol. The fourth-order valence-electron chi connectivity index (χ4n) is 1.42. The van der Waals surface area contributed by atoms with Crippen LogP contribution in [0.3, 0.4) is 0 Å². The Morgan fingerprint density at radius 3 is 2.79 bits per heavy atom. The van der Waals surface area contributed by atoms with Gasteiger partial charge in [0.05, 0.1) is 21.1 Å². The minimum atomic E-state index is 0.754. The van der Waals surface area contributed by atoms with Gasteiger partial charge >= 0.3 is 0 Å². The van der Waals surface area contributed by atoms with Crippen LogP contribution >= 0.6 is 22.6 Å². The second kappa shape index (κ2) is 3.61. The highest BCUT2D eigenvalue weighted by Crippen LogP contribution is 2.21. The number of hydrogen-bond acceptors (Lipinski definition) is 2. The number of nitrogens with two attached hydrogens (primary N) is 1. The summed E-state index contributed by atoms with van der Waals surface area (Å²) in [6.07, 6.45) is 3.77. The summed E-state index contributed by atoms with van der Waals surface area (Å²) in [6.45, 7) is 2.03. The molecule has 2 rings (SSSR count). The molecular weight excluding hydrogens is 289 g/mol. The average Bonchev–Trinajstić information content (AvgIpc) is 2.51. The van der Waals surface area contributed by atoms with Crippen molar-refractivity contribution in [2.45, 2.75) is 6.92 Å². The Bertz CT molecular complexity index is 442. The number of aromatic nitrogens is 2. The van der Waals surface area contributed by atoms with Gasteiger partial charge in [-0.1, -0.05) is 12.1 Å². The maximum absolute atomic E-state index is 5.90. The fourth-order valence-corrected chi connectivity index (χ4v) is 1.81. The van der Waals surface area contributed by atoms with Gasteiger partial charge in [0, 0.05) is 6.20 Å². The normalized spacial score (nSPS) is 10.4. The van der Waals surface area contributed by atoms with E-state index in [2.05, 4.69) is 27.7 Å². The third-order valence-electron chi connectivity index (χ3n) is 2.05. The van der Waals surface area contributed by atoms with Gasteiger partial charge in [-0.3, -0.25) is 0 Å². The van der Waals surface area contributed by atoms with E-state index in [1.807, 2.05) is 42.2 Å². The van der Waals surface area contributed by atoms with Gasteiger partial charge in [0.25, 0.3) is 0 Å². The van der Waals surface area contributed by atoms with Crippen molar-refractivity contribution < 1.29 is 0 Å². The van der Waals surface area contributed by atoms with E-state index in [9.17, 15) is 0 Å². The molecule has 72 valence electrons. The topological polar surface area (TPSA) is 43.8 Å². The number of rotatable bonds is 1. The molecule has 4 heteroatoms. The monoisotopic (exact) mass is 299 g/mol. The molecular formula is C10H10IN3. The molecule has 0 saturated heterocycles. The molecule has 0 aliphatic carbocycles. The van der Waals surface area contributed by atoms with Crippen LogP contribution in [0.15, 0.2) is 30.6 Å². The van der Waals surface area contributed by atoms with Gasteiger partial charge in [-0.15, -0.1) is 0 Å². The Labute approximate surface area is 96.1 Å². The molecule has 0 unspecified atom stereocenters. The van der Waals surface area contributed by atoms with Crippen LogP contribution in [-0.4, -0.2) is 9.78 Å². The number of hydrogen-bond donors (Lipinski definition) is 1. The molecule has 0 atom stereocenters. The highest BCUT2D eigenvalue weighted by Gasteiger charge is 2.05. The summed E-state index contributed by atoms with van der Waals surface area (Å²) >= 11 is 2.23. The molecule has 0 spiro atoms. The molecule has 2 N–H and O–H groups in total. The van der Waals surface area contributed by atoms with Crippen LogP contribution in [0.2, 0.25) is 0 Å². The summed E-state index contributed by atoms with van der Waals surface area (Å²) in [5, 5.41) is 4.24. The first-order valence-electron chi connectivity index (χ1n) is 4.24. The number of aryl methyl sites for hydroxylation is 1. The summed E-state index contributed by atoms with van der Waals surface area (Å²) in [7, 11) is 0. The summed E-state index contributed by atoms with van der Waals surface area (Å²) in [6, 6.07) is 5.86. The Morgan fingerprint density at radius 1 is 1.43 bits per heavy atom.